The van der Waals surface area contributed by atoms with Gasteiger partial charge in [-0.3, -0.25) is 4.79 Å². The molecule has 4 N–H and O–H groups in total. The standard InChI is InChI=1S/C12H17N3O3/c1-3-12(2,7-13)11(18)15-8-4-5-9(10(16)17)14-6-8/h4-6H,3,7,13H2,1-2H3,(H,15,18)(H,16,17). The van der Waals surface area contributed by atoms with Crippen molar-refractivity contribution in [1.29, 1.82) is 0 Å². The van der Waals surface area contributed by atoms with E-state index >= 15 is 0 Å². The summed E-state index contributed by atoms with van der Waals surface area (Å²) in [5.74, 6) is -1.30. The lowest BCUT2D eigenvalue weighted by Crippen LogP contribution is -2.39. The van der Waals surface area contributed by atoms with Gasteiger partial charge in [0.05, 0.1) is 17.3 Å². The summed E-state index contributed by atoms with van der Waals surface area (Å²) in [6.07, 6.45) is 1.93. The van der Waals surface area contributed by atoms with Crippen LogP contribution >= 0.6 is 0 Å². The molecule has 18 heavy (non-hydrogen) atoms. The minimum atomic E-state index is -1.10. The summed E-state index contributed by atoms with van der Waals surface area (Å²) < 4.78 is 0. The van der Waals surface area contributed by atoms with Crippen LogP contribution in [0, 0.1) is 5.41 Å². The van der Waals surface area contributed by atoms with E-state index in [0.717, 1.165) is 0 Å². The largest absolute Gasteiger partial charge is 0.477 e. The molecule has 0 aromatic carbocycles. The summed E-state index contributed by atoms with van der Waals surface area (Å²) >= 11 is 0. The quantitative estimate of drug-likeness (QED) is 0.726. The number of hydrogen-bond acceptors (Lipinski definition) is 4. The molecule has 1 unspecified atom stereocenters. The first-order chi connectivity index (χ1) is 8.42. The van der Waals surface area contributed by atoms with Gasteiger partial charge in [-0.15, -0.1) is 0 Å². The number of nitrogens with two attached hydrogens (primary N) is 1. The third-order valence-electron chi connectivity index (χ3n) is 3.02. The van der Waals surface area contributed by atoms with E-state index in [1.165, 1.54) is 18.3 Å². The lowest BCUT2D eigenvalue weighted by molar-refractivity contribution is -0.124. The molecule has 98 valence electrons. The van der Waals surface area contributed by atoms with E-state index in [4.69, 9.17) is 10.8 Å². The van der Waals surface area contributed by atoms with Gasteiger partial charge >= 0.3 is 5.97 Å². The fraction of sp³-hybridized carbons (Fsp3) is 0.417. The van der Waals surface area contributed by atoms with Crippen molar-refractivity contribution >= 4 is 17.6 Å². The summed E-state index contributed by atoms with van der Waals surface area (Å²) in [6, 6.07) is 2.84. The predicted molar refractivity (Wildman–Crippen MR) is 67.3 cm³/mol. The highest BCUT2D eigenvalue weighted by atomic mass is 16.4. The topological polar surface area (TPSA) is 105 Å². The SMILES string of the molecule is CCC(C)(CN)C(=O)Nc1ccc(C(=O)O)nc1. The van der Waals surface area contributed by atoms with Crippen LogP contribution < -0.4 is 11.1 Å². The molecule has 0 aliphatic carbocycles. The van der Waals surface area contributed by atoms with Gasteiger partial charge in [0.15, 0.2) is 0 Å². The van der Waals surface area contributed by atoms with E-state index in [1.54, 1.807) is 6.92 Å². The highest BCUT2D eigenvalue weighted by Crippen LogP contribution is 2.21. The molecule has 1 heterocycles. The number of carbonyl (C=O) groups excluding carboxylic acids is 1. The molecule has 1 rings (SSSR count). The monoisotopic (exact) mass is 251 g/mol. The molecule has 0 spiro atoms. The Balaban J connectivity index is 2.79. The molecule has 0 saturated heterocycles. The molecule has 0 radical (unpaired) electrons. The van der Waals surface area contributed by atoms with E-state index in [-0.39, 0.29) is 18.1 Å². The molecular weight excluding hydrogens is 234 g/mol. The molecule has 6 heteroatoms. The summed E-state index contributed by atoms with van der Waals surface area (Å²) in [5.41, 5.74) is 5.34. The zero-order valence-corrected chi connectivity index (χ0v) is 10.4. The summed E-state index contributed by atoms with van der Waals surface area (Å²) in [4.78, 5) is 26.3. The van der Waals surface area contributed by atoms with Crippen LogP contribution in [0.15, 0.2) is 18.3 Å². The number of rotatable bonds is 5. The Morgan fingerprint density at radius 3 is 2.56 bits per heavy atom. The first kappa shape index (κ1) is 14.1. The fourth-order valence-electron chi connectivity index (χ4n) is 1.27. The first-order valence-corrected chi connectivity index (χ1v) is 5.64. The summed E-state index contributed by atoms with van der Waals surface area (Å²) in [5, 5.41) is 11.4. The van der Waals surface area contributed by atoms with Crippen LogP contribution in [-0.4, -0.2) is 28.5 Å². The highest BCUT2D eigenvalue weighted by Gasteiger charge is 2.29. The average Bonchev–Trinajstić information content (AvgIpc) is 2.38. The number of aromatic carboxylic acids is 1. The van der Waals surface area contributed by atoms with Crippen molar-refractivity contribution in [1.82, 2.24) is 4.98 Å². The van der Waals surface area contributed by atoms with E-state index in [0.29, 0.717) is 12.1 Å². The van der Waals surface area contributed by atoms with Crippen LogP contribution in [0.1, 0.15) is 30.8 Å². The third kappa shape index (κ3) is 3.04. The number of carboxylic acids is 1. The Labute approximate surface area is 105 Å². The number of amides is 1. The summed E-state index contributed by atoms with van der Waals surface area (Å²) in [6.45, 7) is 3.91. The van der Waals surface area contributed by atoms with Gasteiger partial charge in [-0.05, 0) is 25.5 Å². The Hall–Kier alpha value is -1.95. The van der Waals surface area contributed by atoms with E-state index in [1.807, 2.05) is 6.92 Å². The van der Waals surface area contributed by atoms with Crippen LogP contribution in [0.2, 0.25) is 0 Å². The van der Waals surface area contributed by atoms with Crippen LogP contribution in [-0.2, 0) is 4.79 Å². The molecule has 0 aliphatic rings. The van der Waals surface area contributed by atoms with Crippen molar-refractivity contribution in [2.24, 2.45) is 11.1 Å². The van der Waals surface area contributed by atoms with Crippen molar-refractivity contribution in [3.8, 4) is 0 Å². The Morgan fingerprint density at radius 2 is 2.17 bits per heavy atom. The van der Waals surface area contributed by atoms with E-state index < -0.39 is 11.4 Å². The molecule has 0 fully saturated rings. The van der Waals surface area contributed by atoms with Crippen LogP contribution in [0.3, 0.4) is 0 Å². The number of nitrogens with one attached hydrogen (secondary N) is 1. The van der Waals surface area contributed by atoms with Crippen molar-refractivity contribution in [3.63, 3.8) is 0 Å². The van der Waals surface area contributed by atoms with Gasteiger partial charge in [-0.1, -0.05) is 6.92 Å². The van der Waals surface area contributed by atoms with Gasteiger partial charge in [-0.25, -0.2) is 9.78 Å². The van der Waals surface area contributed by atoms with Crippen LogP contribution in [0.25, 0.3) is 0 Å². The minimum Gasteiger partial charge on any atom is -0.477 e. The number of hydrogen-bond donors (Lipinski definition) is 3. The maximum atomic E-state index is 12.0. The van der Waals surface area contributed by atoms with Crippen molar-refractivity contribution in [2.75, 3.05) is 11.9 Å². The second kappa shape index (κ2) is 5.59. The molecule has 1 aromatic rings. The van der Waals surface area contributed by atoms with Crippen LogP contribution in [0.5, 0.6) is 0 Å². The average molecular weight is 251 g/mol. The molecule has 0 bridgehead atoms. The molecule has 1 atom stereocenters. The molecule has 1 aromatic heterocycles. The minimum absolute atomic E-state index is 0.0647. The van der Waals surface area contributed by atoms with Crippen molar-refractivity contribution in [2.45, 2.75) is 20.3 Å². The molecule has 6 nitrogen and oxygen atoms in total. The Morgan fingerprint density at radius 1 is 1.50 bits per heavy atom. The van der Waals surface area contributed by atoms with Gasteiger partial charge in [-0.2, -0.15) is 0 Å². The van der Waals surface area contributed by atoms with Gasteiger partial charge in [0, 0.05) is 6.54 Å². The number of carboxylic acid groups (broad SMARTS) is 1. The summed E-state index contributed by atoms with van der Waals surface area (Å²) in [7, 11) is 0. The fourth-order valence-corrected chi connectivity index (χ4v) is 1.27. The molecular formula is C12H17N3O3. The zero-order valence-electron chi connectivity index (χ0n) is 10.4. The van der Waals surface area contributed by atoms with E-state index in [9.17, 15) is 9.59 Å². The smallest absolute Gasteiger partial charge is 0.354 e. The van der Waals surface area contributed by atoms with Crippen LogP contribution in [0.4, 0.5) is 5.69 Å². The molecule has 0 aliphatic heterocycles. The number of anilines is 1. The lowest BCUT2D eigenvalue weighted by Gasteiger charge is -2.24. The normalized spacial score (nSPS) is 13.7. The van der Waals surface area contributed by atoms with Gasteiger partial charge in [0.25, 0.3) is 0 Å². The van der Waals surface area contributed by atoms with Crippen molar-refractivity contribution in [3.05, 3.63) is 24.0 Å². The number of carbonyl (C=O) groups is 2. The van der Waals surface area contributed by atoms with Gasteiger partial charge in [0.2, 0.25) is 5.91 Å². The highest BCUT2D eigenvalue weighted by molar-refractivity contribution is 5.95. The maximum absolute atomic E-state index is 12.0. The number of nitrogens with zero attached hydrogens (tertiary/aromatic N) is 1. The van der Waals surface area contributed by atoms with E-state index in [2.05, 4.69) is 10.3 Å². The number of aromatic nitrogens is 1. The predicted octanol–water partition coefficient (Wildman–Crippen LogP) is 1.09. The lowest BCUT2D eigenvalue weighted by atomic mass is 9.86. The second-order valence-electron chi connectivity index (χ2n) is 4.31. The maximum Gasteiger partial charge on any atom is 0.354 e. The molecule has 1 amide bonds. The molecule has 0 saturated carbocycles. The van der Waals surface area contributed by atoms with Gasteiger partial charge < -0.3 is 16.2 Å². The second-order valence-corrected chi connectivity index (χ2v) is 4.31. The Kier molecular flexibility index (Phi) is 4.38. The van der Waals surface area contributed by atoms with Gasteiger partial charge in [0.1, 0.15) is 5.69 Å². The van der Waals surface area contributed by atoms with Crippen molar-refractivity contribution < 1.29 is 14.7 Å². The number of pyridine rings is 1. The first-order valence-electron chi connectivity index (χ1n) is 5.64. The zero-order chi connectivity index (χ0) is 13.8. The Bertz CT molecular complexity index is 438. The third-order valence-corrected chi connectivity index (χ3v) is 3.02.